The summed E-state index contributed by atoms with van der Waals surface area (Å²) in [6.07, 6.45) is 1.77. The molecule has 80 valence electrons. The summed E-state index contributed by atoms with van der Waals surface area (Å²) in [4.78, 5) is 25.1. The van der Waals surface area contributed by atoms with Crippen molar-refractivity contribution in [1.82, 2.24) is 0 Å². The van der Waals surface area contributed by atoms with Crippen molar-refractivity contribution < 1.29 is 9.59 Å². The second-order valence-electron chi connectivity index (χ2n) is 3.04. The van der Waals surface area contributed by atoms with Crippen LogP contribution in [0.25, 0.3) is 0 Å². The van der Waals surface area contributed by atoms with Crippen LogP contribution in [0.3, 0.4) is 0 Å². The Bertz CT molecular complexity index is 490. The molecule has 0 unspecified atom stereocenters. The first-order valence-electron chi connectivity index (χ1n) is 4.34. The fraction of sp³-hybridized carbons (Fsp3) is 0. The number of thiophene rings is 2. The van der Waals surface area contributed by atoms with Crippen molar-refractivity contribution in [1.29, 1.82) is 0 Å². The van der Waals surface area contributed by atoms with Gasteiger partial charge >= 0.3 is 0 Å². The lowest BCUT2D eigenvalue weighted by molar-refractivity contribution is 0.111. The third-order valence-electron chi connectivity index (χ3n) is 2.01. The van der Waals surface area contributed by atoms with Gasteiger partial charge in [0.15, 0.2) is 12.6 Å². The topological polar surface area (TPSA) is 34.1 Å². The summed E-state index contributed by atoms with van der Waals surface area (Å²) >= 11 is 6.31. The Balaban J connectivity index is 2.04. The van der Waals surface area contributed by atoms with Crippen LogP contribution in [0.4, 0.5) is 0 Å². The summed E-state index contributed by atoms with van der Waals surface area (Å²) in [5.74, 6) is 0. The van der Waals surface area contributed by atoms with Crippen LogP contribution in [-0.2, 0) is 0 Å². The lowest BCUT2D eigenvalue weighted by Gasteiger charge is -2.08. The molecule has 0 saturated carbocycles. The van der Waals surface area contributed by atoms with E-state index in [2.05, 4.69) is 0 Å². The molecule has 0 spiro atoms. The Morgan fingerprint density at radius 2 is 1.31 bits per heavy atom. The molecule has 0 aromatic carbocycles. The number of fused-ring (bicyclic) bond motifs is 2. The molecule has 1 aliphatic heterocycles. The Morgan fingerprint density at radius 1 is 0.812 bits per heavy atom. The van der Waals surface area contributed by atoms with Crippen LogP contribution in [0.15, 0.2) is 30.3 Å². The molecular formula is C10H4O2S4. The zero-order valence-corrected chi connectivity index (χ0v) is 11.0. The van der Waals surface area contributed by atoms with Crippen molar-refractivity contribution >= 4 is 58.8 Å². The molecule has 0 amide bonds. The van der Waals surface area contributed by atoms with Gasteiger partial charge in [-0.1, -0.05) is 23.5 Å². The van der Waals surface area contributed by atoms with E-state index in [0.717, 1.165) is 40.5 Å². The second-order valence-corrected chi connectivity index (χ2v) is 7.83. The smallest absolute Gasteiger partial charge is 0.160 e. The molecule has 0 atom stereocenters. The molecule has 0 saturated heterocycles. The average molecular weight is 284 g/mol. The lowest BCUT2D eigenvalue weighted by Crippen LogP contribution is -1.77. The van der Waals surface area contributed by atoms with Crippen molar-refractivity contribution in [3.05, 3.63) is 21.9 Å². The first-order chi connectivity index (χ1) is 7.80. The van der Waals surface area contributed by atoms with Gasteiger partial charge in [-0.25, -0.2) is 0 Å². The lowest BCUT2D eigenvalue weighted by atomic mass is 10.5. The van der Waals surface area contributed by atoms with Crippen LogP contribution in [-0.4, -0.2) is 12.6 Å². The van der Waals surface area contributed by atoms with Crippen molar-refractivity contribution in [3.63, 3.8) is 0 Å². The second kappa shape index (κ2) is 4.03. The number of hydrogen-bond donors (Lipinski definition) is 0. The van der Waals surface area contributed by atoms with Gasteiger partial charge in [-0.3, -0.25) is 9.59 Å². The van der Waals surface area contributed by atoms with Crippen LogP contribution < -0.4 is 0 Å². The van der Waals surface area contributed by atoms with Gasteiger partial charge in [-0.05, 0) is 12.1 Å². The van der Waals surface area contributed by atoms with Gasteiger partial charge in [-0.2, -0.15) is 0 Å². The first kappa shape index (κ1) is 10.6. The van der Waals surface area contributed by atoms with E-state index in [-0.39, 0.29) is 0 Å². The standard InChI is InChI=1S/C10H4O2S4/c11-3-5-1-7-9(13-5)16-10-8(15-7)2-6(4-12)14-10/h1-4H. The predicted octanol–water partition coefficient (Wildman–Crippen LogP) is 4.05. The van der Waals surface area contributed by atoms with Crippen LogP contribution in [0.1, 0.15) is 19.3 Å². The predicted molar refractivity (Wildman–Crippen MR) is 67.7 cm³/mol. The number of carbonyl (C=O) groups excluding carboxylic acids is 2. The summed E-state index contributed by atoms with van der Waals surface area (Å²) in [5.41, 5.74) is 0. The van der Waals surface area contributed by atoms with E-state index in [4.69, 9.17) is 0 Å². The van der Waals surface area contributed by atoms with Crippen LogP contribution in [0.2, 0.25) is 0 Å². The highest BCUT2D eigenvalue weighted by Crippen LogP contribution is 2.54. The fourth-order valence-electron chi connectivity index (χ4n) is 1.35. The molecule has 1 aliphatic rings. The van der Waals surface area contributed by atoms with Crippen molar-refractivity contribution in [2.24, 2.45) is 0 Å². The maximum Gasteiger partial charge on any atom is 0.160 e. The molecular weight excluding hydrogens is 280 g/mol. The largest absolute Gasteiger partial charge is 0.297 e. The highest BCUT2D eigenvalue weighted by atomic mass is 32.2. The zero-order chi connectivity index (χ0) is 11.1. The Morgan fingerprint density at radius 3 is 1.75 bits per heavy atom. The number of carbonyl (C=O) groups is 2. The van der Waals surface area contributed by atoms with E-state index in [1.807, 2.05) is 12.1 Å². The maximum atomic E-state index is 10.7. The third-order valence-corrected chi connectivity index (χ3v) is 7.13. The highest BCUT2D eigenvalue weighted by Gasteiger charge is 2.22. The quantitative estimate of drug-likeness (QED) is 0.665. The van der Waals surface area contributed by atoms with E-state index in [1.54, 1.807) is 23.5 Å². The van der Waals surface area contributed by atoms with Gasteiger partial charge in [0.1, 0.15) is 0 Å². The van der Waals surface area contributed by atoms with Gasteiger partial charge in [-0.15, -0.1) is 22.7 Å². The summed E-state index contributed by atoms with van der Waals surface area (Å²) in [7, 11) is 0. The average Bonchev–Trinajstić information content (AvgIpc) is 2.86. The van der Waals surface area contributed by atoms with Gasteiger partial charge in [0.25, 0.3) is 0 Å². The van der Waals surface area contributed by atoms with Crippen molar-refractivity contribution in [2.45, 2.75) is 18.2 Å². The maximum absolute atomic E-state index is 10.7. The summed E-state index contributed by atoms with van der Waals surface area (Å²) in [6.45, 7) is 0. The van der Waals surface area contributed by atoms with E-state index in [9.17, 15) is 9.59 Å². The molecule has 0 bridgehead atoms. The Labute approximate surface area is 108 Å². The number of aldehydes is 2. The SMILES string of the molecule is O=Cc1cc2c(s1)Sc1sc(C=O)cc1S2. The van der Waals surface area contributed by atoms with Gasteiger partial charge in [0.2, 0.25) is 0 Å². The van der Waals surface area contributed by atoms with Gasteiger partial charge < -0.3 is 0 Å². The minimum Gasteiger partial charge on any atom is -0.297 e. The van der Waals surface area contributed by atoms with E-state index in [0.29, 0.717) is 0 Å². The molecule has 2 aromatic heterocycles. The van der Waals surface area contributed by atoms with Crippen LogP contribution in [0, 0.1) is 0 Å². The monoisotopic (exact) mass is 284 g/mol. The first-order valence-corrected chi connectivity index (χ1v) is 7.60. The van der Waals surface area contributed by atoms with Gasteiger partial charge in [0.05, 0.1) is 18.2 Å². The van der Waals surface area contributed by atoms with Crippen LogP contribution in [0.5, 0.6) is 0 Å². The molecule has 2 nitrogen and oxygen atoms in total. The summed E-state index contributed by atoms with van der Waals surface area (Å²) in [6, 6.07) is 3.82. The fourth-order valence-corrected chi connectivity index (χ4v) is 6.53. The molecule has 3 heterocycles. The van der Waals surface area contributed by atoms with E-state index < -0.39 is 0 Å². The molecule has 2 aromatic rings. The summed E-state index contributed by atoms with van der Waals surface area (Å²) < 4.78 is 2.30. The molecule has 16 heavy (non-hydrogen) atoms. The minimum atomic E-state index is 0.760. The van der Waals surface area contributed by atoms with E-state index in [1.165, 1.54) is 22.7 Å². The molecule has 0 radical (unpaired) electrons. The highest BCUT2D eigenvalue weighted by molar-refractivity contribution is 8.07. The number of rotatable bonds is 2. The van der Waals surface area contributed by atoms with Gasteiger partial charge in [0, 0.05) is 9.79 Å². The third kappa shape index (κ3) is 1.66. The number of hydrogen-bond acceptors (Lipinski definition) is 6. The molecule has 6 heteroatoms. The molecule has 0 N–H and O–H groups in total. The Kier molecular flexibility index (Phi) is 2.67. The van der Waals surface area contributed by atoms with E-state index >= 15 is 0 Å². The van der Waals surface area contributed by atoms with Crippen molar-refractivity contribution in [2.75, 3.05) is 0 Å². The molecule has 0 aliphatic carbocycles. The summed E-state index contributed by atoms with van der Waals surface area (Å²) in [5, 5.41) is 0. The molecule has 3 rings (SSSR count). The molecule has 0 fully saturated rings. The Hall–Kier alpha value is -0.560. The zero-order valence-electron chi connectivity index (χ0n) is 7.76. The van der Waals surface area contributed by atoms with Crippen molar-refractivity contribution in [3.8, 4) is 0 Å². The normalized spacial score (nSPS) is 13.0. The van der Waals surface area contributed by atoms with Crippen LogP contribution >= 0.6 is 46.2 Å². The minimum absolute atomic E-state index is 0.760.